The molecule has 1 fully saturated rings. The average molecular weight is 470 g/mol. The maximum absolute atomic E-state index is 13.9. The van der Waals surface area contributed by atoms with Crippen LogP contribution in [0.25, 0.3) is 0 Å². The first-order chi connectivity index (χ1) is 14.5. The van der Waals surface area contributed by atoms with E-state index in [4.69, 9.17) is 34.8 Å². The van der Waals surface area contributed by atoms with Crippen molar-refractivity contribution in [1.82, 2.24) is 5.12 Å². The quantitative estimate of drug-likeness (QED) is 0.249. The van der Waals surface area contributed by atoms with Gasteiger partial charge in [-0.25, -0.2) is 19.7 Å². The van der Waals surface area contributed by atoms with E-state index < -0.39 is 23.7 Å². The van der Waals surface area contributed by atoms with E-state index in [1.54, 1.807) is 36.4 Å². The molecular weight excluding hydrogens is 447 g/mol. The van der Waals surface area contributed by atoms with Gasteiger partial charge in [-0.3, -0.25) is 4.79 Å². The van der Waals surface area contributed by atoms with Crippen LogP contribution in [0.2, 0.25) is 10.0 Å². The number of halogens is 4. The summed E-state index contributed by atoms with van der Waals surface area (Å²) in [6, 6.07) is 11.4. The molecule has 166 valence electrons. The fourth-order valence-corrected chi connectivity index (χ4v) is 4.37. The number of anilines is 1. The smallest absolute Gasteiger partial charge is 0.248 e. The second kappa shape index (κ2) is 9.38. The highest BCUT2D eigenvalue weighted by Crippen LogP contribution is 2.46. The number of hydrazine groups is 1. The van der Waals surface area contributed by atoms with E-state index in [9.17, 15) is 13.6 Å². The number of amides is 1. The summed E-state index contributed by atoms with van der Waals surface area (Å²) in [4.78, 5) is 13.2. The van der Waals surface area contributed by atoms with Gasteiger partial charge >= 0.3 is 0 Å². The number of hydrogen-bond donors (Lipinski definition) is 3. The molecule has 0 saturated heterocycles. The van der Waals surface area contributed by atoms with E-state index in [-0.39, 0.29) is 25.1 Å². The van der Waals surface area contributed by atoms with E-state index >= 15 is 0 Å². The van der Waals surface area contributed by atoms with Crippen molar-refractivity contribution in [2.45, 2.75) is 31.1 Å². The van der Waals surface area contributed by atoms with Gasteiger partial charge in [-0.15, -0.1) is 5.10 Å². The number of nitrogens with one attached hydrogen (secondary N) is 1. The normalized spacial score (nSPS) is 19.2. The molecule has 1 aliphatic carbocycles. The van der Waals surface area contributed by atoms with Gasteiger partial charge in [0.25, 0.3) is 0 Å². The molecule has 31 heavy (non-hydrogen) atoms. The monoisotopic (exact) mass is 469 g/mol. The van der Waals surface area contributed by atoms with Gasteiger partial charge < -0.3 is 11.1 Å². The Balaban J connectivity index is 1.90. The van der Waals surface area contributed by atoms with Crippen LogP contribution in [-0.4, -0.2) is 29.8 Å². The molecule has 10 heteroatoms. The third-order valence-electron chi connectivity index (χ3n) is 5.16. The third kappa shape index (κ3) is 6.06. The molecule has 6 nitrogen and oxygen atoms in total. The highest BCUT2D eigenvalue weighted by Gasteiger charge is 2.45. The summed E-state index contributed by atoms with van der Waals surface area (Å²) in [7, 11) is 1.53. The Kier molecular flexibility index (Phi) is 7.03. The number of amidine groups is 1. The van der Waals surface area contributed by atoms with E-state index in [0.29, 0.717) is 26.9 Å². The molecule has 0 spiro atoms. The third-order valence-corrected chi connectivity index (χ3v) is 5.59. The van der Waals surface area contributed by atoms with Crippen LogP contribution in [0.1, 0.15) is 36.3 Å². The SMILES string of the molecule is CN(N)/N=C(\N)c1ccc(C(C(=O)Nc2cc(Cl)cc(Cl)c2)C2CCC(F)(F)C2)cc1. The van der Waals surface area contributed by atoms with Crippen molar-refractivity contribution in [3.63, 3.8) is 0 Å². The van der Waals surface area contributed by atoms with Gasteiger partial charge in [-0.05, 0) is 36.1 Å². The van der Waals surface area contributed by atoms with Crippen LogP contribution in [0.3, 0.4) is 0 Å². The van der Waals surface area contributed by atoms with Gasteiger partial charge in [-0.2, -0.15) is 0 Å². The predicted molar refractivity (Wildman–Crippen MR) is 119 cm³/mol. The lowest BCUT2D eigenvalue weighted by Gasteiger charge is -2.24. The minimum absolute atomic E-state index is 0.193. The highest BCUT2D eigenvalue weighted by molar-refractivity contribution is 6.35. The molecule has 0 heterocycles. The van der Waals surface area contributed by atoms with Gasteiger partial charge in [0.15, 0.2) is 5.84 Å². The van der Waals surface area contributed by atoms with Crippen LogP contribution in [-0.2, 0) is 4.79 Å². The van der Waals surface area contributed by atoms with Crippen LogP contribution >= 0.6 is 23.2 Å². The van der Waals surface area contributed by atoms with Gasteiger partial charge in [0.2, 0.25) is 11.8 Å². The second-order valence-electron chi connectivity index (χ2n) is 7.66. The number of rotatable bonds is 6. The number of benzene rings is 2. The summed E-state index contributed by atoms with van der Waals surface area (Å²) in [6.45, 7) is 0. The summed E-state index contributed by atoms with van der Waals surface area (Å²) < 4.78 is 27.9. The van der Waals surface area contributed by atoms with Crippen LogP contribution in [0.4, 0.5) is 14.5 Å². The molecule has 5 N–H and O–H groups in total. The van der Waals surface area contributed by atoms with Gasteiger partial charge in [-0.1, -0.05) is 47.5 Å². The van der Waals surface area contributed by atoms with Crippen molar-refractivity contribution in [2.24, 2.45) is 22.6 Å². The summed E-state index contributed by atoms with van der Waals surface area (Å²) in [5.41, 5.74) is 7.49. The molecule has 0 aromatic heterocycles. The van der Waals surface area contributed by atoms with Gasteiger partial charge in [0, 0.05) is 41.2 Å². The highest BCUT2D eigenvalue weighted by atomic mass is 35.5. The molecule has 2 aromatic rings. The van der Waals surface area contributed by atoms with Crippen molar-refractivity contribution in [1.29, 1.82) is 0 Å². The molecule has 2 aromatic carbocycles. The Morgan fingerprint density at radius 2 is 1.84 bits per heavy atom. The number of carbonyl (C=O) groups excluding carboxylic acids is 1. The number of hydrazone groups is 1. The summed E-state index contributed by atoms with van der Waals surface area (Å²) in [5.74, 6) is 1.18. The maximum atomic E-state index is 13.9. The Morgan fingerprint density at radius 3 is 2.35 bits per heavy atom. The first kappa shape index (κ1) is 23.2. The number of nitrogens with zero attached hydrogens (tertiary/aromatic N) is 2. The Hall–Kier alpha value is -2.42. The van der Waals surface area contributed by atoms with Crippen LogP contribution < -0.4 is 16.9 Å². The average Bonchev–Trinajstić information content (AvgIpc) is 3.00. The Labute approximate surface area is 189 Å². The zero-order chi connectivity index (χ0) is 22.8. The van der Waals surface area contributed by atoms with Gasteiger partial charge in [0.05, 0.1) is 5.92 Å². The summed E-state index contributed by atoms with van der Waals surface area (Å²) >= 11 is 12.0. The van der Waals surface area contributed by atoms with Crippen LogP contribution in [0, 0.1) is 5.92 Å². The molecule has 1 aliphatic rings. The molecule has 0 aliphatic heterocycles. The van der Waals surface area contributed by atoms with E-state index in [0.717, 1.165) is 5.12 Å². The first-order valence-corrected chi connectivity index (χ1v) is 10.4. The molecule has 1 amide bonds. The minimum atomic E-state index is -2.79. The van der Waals surface area contributed by atoms with Crippen LogP contribution in [0.15, 0.2) is 47.6 Å². The Bertz CT molecular complexity index is 962. The minimum Gasteiger partial charge on any atom is -0.382 e. The van der Waals surface area contributed by atoms with E-state index in [2.05, 4.69) is 10.4 Å². The van der Waals surface area contributed by atoms with E-state index in [1.165, 1.54) is 13.1 Å². The zero-order valence-electron chi connectivity index (χ0n) is 16.8. The fraction of sp³-hybridized carbons (Fsp3) is 0.333. The topological polar surface area (TPSA) is 96.7 Å². The molecular formula is C21H23Cl2F2N5O. The predicted octanol–water partition coefficient (Wildman–Crippen LogP) is 4.58. The molecule has 0 bridgehead atoms. The number of nitrogens with two attached hydrogens (primary N) is 2. The fourth-order valence-electron chi connectivity index (χ4n) is 3.84. The molecule has 0 radical (unpaired) electrons. The molecule has 3 rings (SSSR count). The lowest BCUT2D eigenvalue weighted by molar-refractivity contribution is -0.118. The lowest BCUT2D eigenvalue weighted by atomic mass is 9.83. The lowest BCUT2D eigenvalue weighted by Crippen LogP contribution is -2.28. The summed E-state index contributed by atoms with van der Waals surface area (Å²) in [6.07, 6.45) is -0.361. The van der Waals surface area contributed by atoms with Crippen LogP contribution in [0.5, 0.6) is 0 Å². The second-order valence-corrected chi connectivity index (χ2v) is 8.54. The summed E-state index contributed by atoms with van der Waals surface area (Å²) in [5, 5.41) is 8.49. The standard InChI is InChI=1S/C21H23Cl2F2N5O/c1-30(27)29-19(26)13-4-2-12(3-5-13)18(14-6-7-21(24,25)11-14)20(31)28-17-9-15(22)8-16(23)10-17/h2-5,8-10,14,18H,6-7,11,27H2,1H3,(H2,26,29)(H,28,31). The van der Waals surface area contributed by atoms with Crippen molar-refractivity contribution in [3.8, 4) is 0 Å². The number of hydrogen-bond acceptors (Lipinski definition) is 4. The maximum Gasteiger partial charge on any atom is 0.248 e. The van der Waals surface area contributed by atoms with Gasteiger partial charge in [0.1, 0.15) is 0 Å². The van der Waals surface area contributed by atoms with Crippen molar-refractivity contribution in [3.05, 3.63) is 63.6 Å². The van der Waals surface area contributed by atoms with Crippen molar-refractivity contribution >= 4 is 40.6 Å². The molecule has 2 unspecified atom stereocenters. The number of alkyl halides is 2. The Morgan fingerprint density at radius 1 is 1.23 bits per heavy atom. The number of carbonyl (C=O) groups is 1. The zero-order valence-corrected chi connectivity index (χ0v) is 18.3. The molecule has 2 atom stereocenters. The molecule has 1 saturated carbocycles. The largest absolute Gasteiger partial charge is 0.382 e. The van der Waals surface area contributed by atoms with Crippen molar-refractivity contribution in [2.75, 3.05) is 12.4 Å². The van der Waals surface area contributed by atoms with Crippen molar-refractivity contribution < 1.29 is 13.6 Å². The van der Waals surface area contributed by atoms with E-state index in [1.807, 2.05) is 0 Å². The first-order valence-electron chi connectivity index (χ1n) is 9.62.